The Morgan fingerprint density at radius 2 is 1.82 bits per heavy atom. The van der Waals surface area contributed by atoms with Gasteiger partial charge in [0, 0.05) is 36.3 Å². The number of halogens is 1. The molecule has 2 aliphatic rings. The van der Waals surface area contributed by atoms with E-state index in [0.717, 1.165) is 50.3 Å². The molecule has 5 heteroatoms. The third kappa shape index (κ3) is 3.12. The number of nitrogens with one attached hydrogen (secondary N) is 1. The summed E-state index contributed by atoms with van der Waals surface area (Å²) in [5, 5.41) is 6.36. The lowest BCUT2D eigenvalue weighted by Crippen LogP contribution is -2.38. The number of nitrogens with zero attached hydrogens (tertiary/aromatic N) is 2. The molecule has 1 fully saturated rings. The molecule has 3 aromatic rings. The van der Waals surface area contributed by atoms with Crippen LogP contribution in [0.2, 0.25) is 5.02 Å². The number of aryl methyl sites for hydroxylation is 2. The van der Waals surface area contributed by atoms with E-state index in [1.165, 1.54) is 21.9 Å². The van der Waals surface area contributed by atoms with Gasteiger partial charge in [-0.1, -0.05) is 35.9 Å². The third-order valence-electron chi connectivity index (χ3n) is 6.04. The number of hydrogen-bond donors (Lipinski definition) is 1. The minimum atomic E-state index is 0.0339. The van der Waals surface area contributed by atoms with Gasteiger partial charge in [0.25, 0.3) is 0 Å². The summed E-state index contributed by atoms with van der Waals surface area (Å²) in [4.78, 5) is 19.5. The van der Waals surface area contributed by atoms with Crippen LogP contribution in [0.15, 0.2) is 48.7 Å². The molecule has 1 amide bonds. The molecule has 1 aromatic heterocycles. The monoisotopic (exact) mass is 391 g/mol. The van der Waals surface area contributed by atoms with Crippen LogP contribution in [0.25, 0.3) is 10.8 Å². The van der Waals surface area contributed by atoms with E-state index < -0.39 is 0 Å². The van der Waals surface area contributed by atoms with Crippen molar-refractivity contribution in [2.24, 2.45) is 5.92 Å². The van der Waals surface area contributed by atoms with Gasteiger partial charge >= 0.3 is 0 Å². The molecule has 2 heterocycles. The van der Waals surface area contributed by atoms with E-state index >= 15 is 0 Å². The quantitative estimate of drug-likeness (QED) is 0.694. The normalized spacial score (nSPS) is 16.5. The van der Waals surface area contributed by atoms with E-state index in [2.05, 4.69) is 45.5 Å². The highest BCUT2D eigenvalue weighted by Crippen LogP contribution is 2.35. The van der Waals surface area contributed by atoms with Crippen LogP contribution >= 0.6 is 11.6 Å². The Morgan fingerprint density at radius 1 is 1.04 bits per heavy atom. The van der Waals surface area contributed by atoms with Crippen molar-refractivity contribution >= 4 is 39.8 Å². The van der Waals surface area contributed by atoms with Gasteiger partial charge in [-0.05, 0) is 60.4 Å². The van der Waals surface area contributed by atoms with Crippen molar-refractivity contribution in [1.29, 1.82) is 0 Å². The predicted octanol–water partition coefficient (Wildman–Crippen LogP) is 4.84. The average molecular weight is 392 g/mol. The summed E-state index contributed by atoms with van der Waals surface area (Å²) in [6.07, 6.45) is 5.53. The Morgan fingerprint density at radius 3 is 2.57 bits per heavy atom. The molecule has 4 nitrogen and oxygen atoms in total. The van der Waals surface area contributed by atoms with Gasteiger partial charge in [-0.15, -0.1) is 0 Å². The number of pyridine rings is 1. The second-order valence-corrected chi connectivity index (χ2v) is 8.13. The maximum absolute atomic E-state index is 12.9. The van der Waals surface area contributed by atoms with Crippen molar-refractivity contribution in [3.63, 3.8) is 0 Å². The lowest BCUT2D eigenvalue weighted by Gasteiger charge is -2.32. The van der Waals surface area contributed by atoms with Crippen molar-refractivity contribution in [1.82, 2.24) is 4.98 Å². The largest absolute Gasteiger partial charge is 0.357 e. The molecule has 0 atom stereocenters. The highest BCUT2D eigenvalue weighted by Gasteiger charge is 2.26. The summed E-state index contributed by atoms with van der Waals surface area (Å²) >= 11 is 5.92. The topological polar surface area (TPSA) is 45.2 Å². The molecule has 0 bridgehead atoms. The average Bonchev–Trinajstić information content (AvgIpc) is 3.15. The molecule has 1 N–H and O–H groups in total. The van der Waals surface area contributed by atoms with E-state index in [4.69, 9.17) is 11.6 Å². The smallest absolute Gasteiger partial charge is 0.227 e. The maximum atomic E-state index is 12.9. The minimum absolute atomic E-state index is 0.0339. The molecular formula is C23H22ClN3O. The standard InChI is InChI=1S/C23H22ClN3O/c24-18-7-9-21(25-14-18)27-12-10-17(11-13-27)23(28)26-20-8-6-16-5-4-15-2-1-3-19(20)22(15)16/h1-3,6-9,14,17H,4-5,10-13H2,(H,26,28). The van der Waals surface area contributed by atoms with E-state index in [1.54, 1.807) is 6.20 Å². The summed E-state index contributed by atoms with van der Waals surface area (Å²) in [6.45, 7) is 1.66. The molecule has 1 aliphatic carbocycles. The number of benzene rings is 2. The van der Waals surface area contributed by atoms with Gasteiger partial charge in [-0.2, -0.15) is 0 Å². The molecule has 28 heavy (non-hydrogen) atoms. The summed E-state index contributed by atoms with van der Waals surface area (Å²) in [5.74, 6) is 1.09. The van der Waals surface area contributed by atoms with Gasteiger partial charge in [0.1, 0.15) is 5.82 Å². The van der Waals surface area contributed by atoms with Crippen molar-refractivity contribution in [3.8, 4) is 0 Å². The summed E-state index contributed by atoms with van der Waals surface area (Å²) in [7, 11) is 0. The second-order valence-electron chi connectivity index (χ2n) is 7.70. The number of amides is 1. The SMILES string of the molecule is O=C(Nc1ccc2c3c(cccc13)CC2)C1CCN(c2ccc(Cl)cn2)CC1. The van der Waals surface area contributed by atoms with Gasteiger partial charge in [-0.25, -0.2) is 4.98 Å². The highest BCUT2D eigenvalue weighted by atomic mass is 35.5. The molecule has 2 aromatic carbocycles. The lowest BCUT2D eigenvalue weighted by molar-refractivity contribution is -0.120. The first-order chi connectivity index (χ1) is 13.7. The van der Waals surface area contributed by atoms with Crippen LogP contribution in [0.4, 0.5) is 11.5 Å². The molecular weight excluding hydrogens is 370 g/mol. The Balaban J connectivity index is 1.29. The van der Waals surface area contributed by atoms with Gasteiger partial charge in [0.05, 0.1) is 5.02 Å². The van der Waals surface area contributed by atoms with Crippen LogP contribution < -0.4 is 10.2 Å². The van der Waals surface area contributed by atoms with Gasteiger partial charge in [0.15, 0.2) is 0 Å². The van der Waals surface area contributed by atoms with Crippen LogP contribution in [-0.2, 0) is 17.6 Å². The molecule has 1 aliphatic heterocycles. The summed E-state index contributed by atoms with van der Waals surface area (Å²) in [6, 6.07) is 14.5. The van der Waals surface area contributed by atoms with Crippen molar-refractivity contribution in [2.75, 3.05) is 23.3 Å². The Hall–Kier alpha value is -2.59. The van der Waals surface area contributed by atoms with E-state index in [1.807, 2.05) is 12.1 Å². The number of carbonyl (C=O) groups is 1. The number of rotatable bonds is 3. The lowest BCUT2D eigenvalue weighted by atomic mass is 9.95. The molecule has 142 valence electrons. The zero-order chi connectivity index (χ0) is 19.1. The highest BCUT2D eigenvalue weighted by molar-refractivity contribution is 6.30. The fourth-order valence-electron chi connectivity index (χ4n) is 4.52. The van der Waals surface area contributed by atoms with Gasteiger partial charge in [0.2, 0.25) is 5.91 Å². The zero-order valence-corrected chi connectivity index (χ0v) is 16.4. The summed E-state index contributed by atoms with van der Waals surface area (Å²) in [5.41, 5.74) is 3.73. The third-order valence-corrected chi connectivity index (χ3v) is 6.26. The Labute approximate surface area is 169 Å². The maximum Gasteiger partial charge on any atom is 0.227 e. The molecule has 0 saturated carbocycles. The van der Waals surface area contributed by atoms with Crippen LogP contribution in [0.3, 0.4) is 0 Å². The van der Waals surface area contributed by atoms with Crippen LogP contribution in [0.1, 0.15) is 24.0 Å². The molecule has 1 saturated heterocycles. The zero-order valence-electron chi connectivity index (χ0n) is 15.6. The first kappa shape index (κ1) is 17.5. The van der Waals surface area contributed by atoms with Crippen LogP contribution in [-0.4, -0.2) is 24.0 Å². The predicted molar refractivity (Wildman–Crippen MR) is 114 cm³/mol. The van der Waals surface area contributed by atoms with E-state index in [-0.39, 0.29) is 11.8 Å². The van der Waals surface area contributed by atoms with E-state index in [0.29, 0.717) is 5.02 Å². The fraction of sp³-hybridized carbons (Fsp3) is 0.304. The first-order valence-corrected chi connectivity index (χ1v) is 10.3. The number of carbonyl (C=O) groups excluding carboxylic acids is 1. The number of hydrogen-bond acceptors (Lipinski definition) is 3. The van der Waals surface area contributed by atoms with Crippen molar-refractivity contribution < 1.29 is 4.79 Å². The molecule has 0 radical (unpaired) electrons. The minimum Gasteiger partial charge on any atom is -0.357 e. The summed E-state index contributed by atoms with van der Waals surface area (Å²) < 4.78 is 0. The molecule has 5 rings (SSSR count). The number of aromatic nitrogens is 1. The van der Waals surface area contributed by atoms with Gasteiger partial charge < -0.3 is 10.2 Å². The van der Waals surface area contributed by atoms with E-state index in [9.17, 15) is 4.79 Å². The van der Waals surface area contributed by atoms with Crippen LogP contribution in [0.5, 0.6) is 0 Å². The molecule has 0 spiro atoms. The number of anilines is 2. The Kier molecular flexibility index (Phi) is 4.44. The fourth-order valence-corrected chi connectivity index (χ4v) is 4.63. The van der Waals surface area contributed by atoms with Crippen LogP contribution in [0, 0.1) is 5.92 Å². The van der Waals surface area contributed by atoms with Gasteiger partial charge in [-0.3, -0.25) is 4.79 Å². The second kappa shape index (κ2) is 7.10. The molecule has 0 unspecified atom stereocenters. The Bertz CT molecular complexity index is 1030. The van der Waals surface area contributed by atoms with Crippen molar-refractivity contribution in [2.45, 2.75) is 25.7 Å². The first-order valence-electron chi connectivity index (χ1n) is 9.90. The van der Waals surface area contributed by atoms with Crippen molar-refractivity contribution in [3.05, 3.63) is 64.8 Å². The number of piperidine rings is 1.